The van der Waals surface area contributed by atoms with Gasteiger partial charge in [0.1, 0.15) is 0 Å². The van der Waals surface area contributed by atoms with Crippen molar-refractivity contribution in [2.75, 3.05) is 19.6 Å². The summed E-state index contributed by atoms with van der Waals surface area (Å²) in [6, 6.07) is 11.4. The van der Waals surface area contributed by atoms with Gasteiger partial charge in [0.2, 0.25) is 0 Å². The Morgan fingerprint density at radius 1 is 1.19 bits per heavy atom. The first-order valence-electron chi connectivity index (χ1n) is 8.56. The van der Waals surface area contributed by atoms with Gasteiger partial charge in [-0.25, -0.2) is 0 Å². The predicted octanol–water partition coefficient (Wildman–Crippen LogP) is 3.63. The molecule has 2 nitrogen and oxygen atoms in total. The quantitative estimate of drug-likeness (QED) is 0.919. The zero-order valence-corrected chi connectivity index (χ0v) is 13.6. The second kappa shape index (κ2) is 6.10. The Morgan fingerprint density at radius 3 is 2.71 bits per heavy atom. The number of rotatable bonds is 3. The summed E-state index contributed by atoms with van der Waals surface area (Å²) in [4.78, 5) is 2.66. The number of hydrogen-bond acceptors (Lipinski definition) is 2. The van der Waals surface area contributed by atoms with Gasteiger partial charge >= 0.3 is 0 Å². The minimum atomic E-state index is 0.411. The molecular weight excluding hydrogens is 256 g/mol. The van der Waals surface area contributed by atoms with Gasteiger partial charge in [-0.15, -0.1) is 0 Å². The van der Waals surface area contributed by atoms with Gasteiger partial charge in [-0.05, 0) is 55.0 Å². The molecule has 2 heteroatoms. The molecule has 0 radical (unpaired) electrons. The smallest absolute Gasteiger partial charge is 0.00797 e. The van der Waals surface area contributed by atoms with Crippen LogP contribution in [0.1, 0.15) is 51.0 Å². The van der Waals surface area contributed by atoms with Crippen molar-refractivity contribution in [1.29, 1.82) is 0 Å². The highest BCUT2D eigenvalue weighted by atomic mass is 15.1. The lowest BCUT2D eigenvalue weighted by Gasteiger charge is -2.40. The second-order valence-electron chi connectivity index (χ2n) is 7.99. The van der Waals surface area contributed by atoms with E-state index in [1.807, 2.05) is 0 Å². The van der Waals surface area contributed by atoms with Crippen molar-refractivity contribution < 1.29 is 0 Å². The normalized spacial score (nSPS) is 33.2. The second-order valence-corrected chi connectivity index (χ2v) is 7.99. The number of nitrogens with zero attached hydrogens (tertiary/aromatic N) is 1. The van der Waals surface area contributed by atoms with Crippen LogP contribution >= 0.6 is 0 Å². The minimum Gasteiger partial charge on any atom is -0.327 e. The molecule has 116 valence electrons. The maximum atomic E-state index is 6.40. The Labute approximate surface area is 129 Å². The third kappa shape index (κ3) is 3.67. The van der Waals surface area contributed by atoms with Crippen molar-refractivity contribution in [2.24, 2.45) is 17.1 Å². The molecule has 1 aromatic rings. The first kappa shape index (κ1) is 15.1. The summed E-state index contributed by atoms with van der Waals surface area (Å²) in [5.74, 6) is 1.40. The molecule has 3 unspecified atom stereocenters. The first-order chi connectivity index (χ1) is 10.0. The van der Waals surface area contributed by atoms with Crippen LogP contribution in [0, 0.1) is 11.3 Å². The summed E-state index contributed by atoms with van der Waals surface area (Å²) in [6.07, 6.45) is 5.08. The zero-order valence-electron chi connectivity index (χ0n) is 13.6. The fourth-order valence-electron chi connectivity index (χ4n) is 4.28. The molecule has 0 bridgehead atoms. The van der Waals surface area contributed by atoms with Crippen LogP contribution in [0.3, 0.4) is 0 Å². The molecular formula is C19H30N2. The topological polar surface area (TPSA) is 29.3 Å². The van der Waals surface area contributed by atoms with Crippen LogP contribution in [0.15, 0.2) is 30.3 Å². The number of likely N-dealkylation sites (tertiary alicyclic amines) is 1. The van der Waals surface area contributed by atoms with Gasteiger partial charge in [-0.1, -0.05) is 44.2 Å². The third-order valence-corrected chi connectivity index (χ3v) is 5.61. The summed E-state index contributed by atoms with van der Waals surface area (Å²) < 4.78 is 0. The Kier molecular flexibility index (Phi) is 4.37. The Hall–Kier alpha value is -0.860. The average Bonchev–Trinajstić information content (AvgIpc) is 2.92. The van der Waals surface area contributed by atoms with Gasteiger partial charge in [0.05, 0.1) is 0 Å². The molecule has 0 spiro atoms. The van der Waals surface area contributed by atoms with E-state index in [1.165, 1.54) is 50.9 Å². The average molecular weight is 286 g/mol. The molecule has 21 heavy (non-hydrogen) atoms. The van der Waals surface area contributed by atoms with Crippen LogP contribution in [0.5, 0.6) is 0 Å². The molecule has 2 fully saturated rings. The molecule has 1 saturated carbocycles. The first-order valence-corrected chi connectivity index (χ1v) is 8.56. The van der Waals surface area contributed by atoms with Gasteiger partial charge in [0.15, 0.2) is 0 Å². The van der Waals surface area contributed by atoms with E-state index in [0.29, 0.717) is 17.4 Å². The molecule has 1 aromatic carbocycles. The van der Waals surface area contributed by atoms with Crippen molar-refractivity contribution in [3.05, 3.63) is 35.9 Å². The summed E-state index contributed by atoms with van der Waals surface area (Å²) >= 11 is 0. The highest BCUT2D eigenvalue weighted by Crippen LogP contribution is 2.39. The van der Waals surface area contributed by atoms with Crippen LogP contribution in [0.25, 0.3) is 0 Å². The SMILES string of the molecule is CC1(C)CCC(N)C(CN2CCC(c3ccccc3)C2)C1. The van der Waals surface area contributed by atoms with Crippen LogP contribution in [0.4, 0.5) is 0 Å². The zero-order chi connectivity index (χ0) is 14.9. The van der Waals surface area contributed by atoms with E-state index >= 15 is 0 Å². The Balaban J connectivity index is 1.57. The van der Waals surface area contributed by atoms with Crippen LogP contribution < -0.4 is 5.73 Å². The van der Waals surface area contributed by atoms with E-state index in [0.717, 1.165) is 5.92 Å². The van der Waals surface area contributed by atoms with E-state index < -0.39 is 0 Å². The summed E-state index contributed by atoms with van der Waals surface area (Å²) in [5, 5.41) is 0. The minimum absolute atomic E-state index is 0.411. The summed E-state index contributed by atoms with van der Waals surface area (Å²) in [6.45, 7) is 8.47. The predicted molar refractivity (Wildman–Crippen MR) is 89.3 cm³/mol. The maximum absolute atomic E-state index is 6.40. The van der Waals surface area contributed by atoms with Gasteiger partial charge in [-0.3, -0.25) is 0 Å². The molecule has 0 amide bonds. The molecule has 3 atom stereocenters. The van der Waals surface area contributed by atoms with Crippen molar-refractivity contribution in [3.8, 4) is 0 Å². The molecule has 2 N–H and O–H groups in total. The van der Waals surface area contributed by atoms with Crippen LogP contribution in [-0.4, -0.2) is 30.6 Å². The van der Waals surface area contributed by atoms with Crippen molar-refractivity contribution in [3.63, 3.8) is 0 Å². The third-order valence-electron chi connectivity index (χ3n) is 5.61. The van der Waals surface area contributed by atoms with E-state index in [4.69, 9.17) is 5.73 Å². The van der Waals surface area contributed by atoms with Gasteiger partial charge in [0.25, 0.3) is 0 Å². The highest BCUT2D eigenvalue weighted by molar-refractivity contribution is 5.21. The van der Waals surface area contributed by atoms with Crippen molar-refractivity contribution in [1.82, 2.24) is 4.90 Å². The Morgan fingerprint density at radius 2 is 1.95 bits per heavy atom. The molecule has 3 rings (SSSR count). The largest absolute Gasteiger partial charge is 0.327 e. The van der Waals surface area contributed by atoms with Gasteiger partial charge in [-0.2, -0.15) is 0 Å². The van der Waals surface area contributed by atoms with E-state index in [9.17, 15) is 0 Å². The number of nitrogens with two attached hydrogens (primary N) is 1. The van der Waals surface area contributed by atoms with Crippen LogP contribution in [-0.2, 0) is 0 Å². The van der Waals surface area contributed by atoms with E-state index in [2.05, 4.69) is 49.1 Å². The highest BCUT2D eigenvalue weighted by Gasteiger charge is 2.35. The summed E-state index contributed by atoms with van der Waals surface area (Å²) in [7, 11) is 0. The van der Waals surface area contributed by atoms with Gasteiger partial charge < -0.3 is 10.6 Å². The maximum Gasteiger partial charge on any atom is 0.00797 e. The standard InChI is InChI=1S/C19H30N2/c1-19(2)10-8-18(20)17(12-19)14-21-11-9-16(13-21)15-6-4-3-5-7-15/h3-7,16-18H,8-14,20H2,1-2H3. The summed E-state index contributed by atoms with van der Waals surface area (Å²) in [5.41, 5.74) is 8.39. The van der Waals surface area contributed by atoms with Crippen LogP contribution in [0.2, 0.25) is 0 Å². The number of benzene rings is 1. The van der Waals surface area contributed by atoms with Crippen molar-refractivity contribution >= 4 is 0 Å². The molecule has 0 aromatic heterocycles. The molecule has 2 aliphatic rings. The Bertz CT molecular complexity index is 454. The van der Waals surface area contributed by atoms with Crippen molar-refractivity contribution in [2.45, 2.75) is 51.5 Å². The number of hydrogen-bond donors (Lipinski definition) is 1. The lowest BCUT2D eigenvalue weighted by Crippen LogP contribution is -2.44. The molecule has 1 heterocycles. The van der Waals surface area contributed by atoms with E-state index in [1.54, 1.807) is 0 Å². The molecule has 1 saturated heterocycles. The lowest BCUT2D eigenvalue weighted by molar-refractivity contribution is 0.124. The monoisotopic (exact) mass is 286 g/mol. The lowest BCUT2D eigenvalue weighted by atomic mass is 9.70. The fourth-order valence-corrected chi connectivity index (χ4v) is 4.28. The molecule has 1 aliphatic heterocycles. The van der Waals surface area contributed by atoms with E-state index in [-0.39, 0.29) is 0 Å². The fraction of sp³-hybridized carbons (Fsp3) is 0.684. The van der Waals surface area contributed by atoms with Gasteiger partial charge in [0, 0.05) is 19.1 Å². The molecule has 1 aliphatic carbocycles.